The molecule has 2 rings (SSSR count). The summed E-state index contributed by atoms with van der Waals surface area (Å²) in [5.74, 6) is 0.832. The first-order valence-corrected chi connectivity index (χ1v) is 6.47. The quantitative estimate of drug-likeness (QED) is 0.913. The molecule has 1 aromatic heterocycles. The minimum absolute atomic E-state index is 0.510. The summed E-state index contributed by atoms with van der Waals surface area (Å²) in [6.07, 6.45) is 1.25. The van der Waals surface area contributed by atoms with Crippen LogP contribution in [0.1, 0.15) is 29.7 Å². The number of rotatable bonds is 4. The highest BCUT2D eigenvalue weighted by atomic mass is 16.3. The van der Waals surface area contributed by atoms with Gasteiger partial charge in [0.15, 0.2) is 0 Å². The fraction of sp³-hybridized carbons (Fsp3) is 0.312. The third kappa shape index (κ3) is 3.32. The Morgan fingerprint density at radius 3 is 2.53 bits per heavy atom. The van der Waals surface area contributed by atoms with Gasteiger partial charge in [0.05, 0.1) is 6.10 Å². The van der Waals surface area contributed by atoms with E-state index in [9.17, 15) is 5.11 Å². The van der Waals surface area contributed by atoms with Crippen LogP contribution in [0.25, 0.3) is 0 Å². The molecule has 19 heavy (non-hydrogen) atoms. The summed E-state index contributed by atoms with van der Waals surface area (Å²) < 4.78 is 0. The number of pyridine rings is 1. The maximum Gasteiger partial charge on any atom is 0.134 e. The zero-order valence-corrected chi connectivity index (χ0v) is 11.7. The number of anilines is 1. The van der Waals surface area contributed by atoms with E-state index in [1.165, 1.54) is 11.1 Å². The molecule has 1 heterocycles. The number of aryl methyl sites for hydroxylation is 1. The Kier molecular flexibility index (Phi) is 4.17. The zero-order chi connectivity index (χ0) is 13.8. The second-order valence-electron chi connectivity index (χ2n) is 4.93. The molecule has 1 aromatic carbocycles. The van der Waals surface area contributed by atoms with E-state index < -0.39 is 6.10 Å². The Morgan fingerprint density at radius 1 is 1.21 bits per heavy atom. The number of aromatic nitrogens is 1. The monoisotopic (exact) mass is 256 g/mol. The van der Waals surface area contributed by atoms with Crippen molar-refractivity contribution in [3.63, 3.8) is 0 Å². The first-order chi connectivity index (χ1) is 9.08. The molecule has 1 N–H and O–H groups in total. The summed E-state index contributed by atoms with van der Waals surface area (Å²) in [7, 11) is 1.99. The number of hydrogen-bond acceptors (Lipinski definition) is 3. The molecule has 0 bridgehead atoms. The normalized spacial score (nSPS) is 12.2. The lowest BCUT2D eigenvalue weighted by atomic mass is 10.1. The van der Waals surface area contributed by atoms with Crippen LogP contribution in [-0.2, 0) is 6.54 Å². The summed E-state index contributed by atoms with van der Waals surface area (Å²) in [4.78, 5) is 6.44. The predicted molar refractivity (Wildman–Crippen MR) is 78.2 cm³/mol. The van der Waals surface area contributed by atoms with E-state index >= 15 is 0 Å². The summed E-state index contributed by atoms with van der Waals surface area (Å²) in [5.41, 5.74) is 3.35. The van der Waals surface area contributed by atoms with Gasteiger partial charge in [0.1, 0.15) is 5.82 Å². The summed E-state index contributed by atoms with van der Waals surface area (Å²) in [5, 5.41) is 9.79. The van der Waals surface area contributed by atoms with Crippen molar-refractivity contribution >= 4 is 5.82 Å². The molecule has 0 radical (unpaired) electrons. The van der Waals surface area contributed by atoms with Gasteiger partial charge in [0.2, 0.25) is 0 Å². The Morgan fingerprint density at radius 2 is 1.89 bits per heavy atom. The molecule has 3 heteroatoms. The molecule has 0 spiro atoms. The molecular formula is C16H20N2O. The molecular weight excluding hydrogens is 236 g/mol. The van der Waals surface area contributed by atoms with Crippen LogP contribution in [0.5, 0.6) is 0 Å². The maximum absolute atomic E-state index is 9.79. The van der Waals surface area contributed by atoms with Gasteiger partial charge in [-0.05, 0) is 25.5 Å². The van der Waals surface area contributed by atoms with Crippen LogP contribution < -0.4 is 4.90 Å². The van der Waals surface area contributed by atoms with E-state index in [0.29, 0.717) is 0 Å². The Labute approximate surface area is 114 Å². The van der Waals surface area contributed by atoms with Crippen molar-refractivity contribution in [3.05, 3.63) is 59.3 Å². The van der Waals surface area contributed by atoms with Gasteiger partial charge < -0.3 is 10.0 Å². The second-order valence-corrected chi connectivity index (χ2v) is 4.93. The van der Waals surface area contributed by atoms with Crippen LogP contribution in [0.3, 0.4) is 0 Å². The van der Waals surface area contributed by atoms with Gasteiger partial charge in [-0.1, -0.05) is 35.9 Å². The van der Waals surface area contributed by atoms with Crippen LogP contribution in [0, 0.1) is 6.92 Å². The standard InChI is InChI=1S/C16H20N2O/c1-12-6-8-14(9-7-12)11-18(3)16-15(13(2)19)5-4-10-17-16/h4-10,13,19H,11H2,1-3H3. The highest BCUT2D eigenvalue weighted by Crippen LogP contribution is 2.23. The van der Waals surface area contributed by atoms with Crippen LogP contribution in [0.2, 0.25) is 0 Å². The second kappa shape index (κ2) is 5.85. The van der Waals surface area contributed by atoms with Crippen molar-refractivity contribution in [2.75, 3.05) is 11.9 Å². The summed E-state index contributed by atoms with van der Waals surface area (Å²) in [6, 6.07) is 12.2. The van der Waals surface area contributed by atoms with Crippen LogP contribution in [0.4, 0.5) is 5.82 Å². The van der Waals surface area contributed by atoms with Crippen LogP contribution in [0.15, 0.2) is 42.6 Å². The topological polar surface area (TPSA) is 36.4 Å². The molecule has 2 aromatic rings. The molecule has 100 valence electrons. The molecule has 0 fully saturated rings. The van der Waals surface area contributed by atoms with E-state index in [4.69, 9.17) is 0 Å². The van der Waals surface area contributed by atoms with Crippen molar-refractivity contribution in [2.24, 2.45) is 0 Å². The van der Waals surface area contributed by atoms with Crippen molar-refractivity contribution < 1.29 is 5.11 Å². The molecule has 0 aliphatic heterocycles. The van der Waals surface area contributed by atoms with E-state index in [0.717, 1.165) is 17.9 Å². The number of aliphatic hydroxyl groups is 1. The number of benzene rings is 1. The molecule has 0 saturated heterocycles. The van der Waals surface area contributed by atoms with Gasteiger partial charge in [-0.2, -0.15) is 0 Å². The molecule has 0 amide bonds. The lowest BCUT2D eigenvalue weighted by molar-refractivity contribution is 0.199. The first-order valence-electron chi connectivity index (χ1n) is 6.47. The number of aliphatic hydroxyl groups excluding tert-OH is 1. The van der Waals surface area contributed by atoms with Crippen molar-refractivity contribution in [1.29, 1.82) is 0 Å². The molecule has 1 atom stereocenters. The molecule has 3 nitrogen and oxygen atoms in total. The van der Waals surface area contributed by atoms with E-state index in [1.54, 1.807) is 13.1 Å². The molecule has 0 saturated carbocycles. The number of nitrogens with zero attached hydrogens (tertiary/aromatic N) is 2. The smallest absolute Gasteiger partial charge is 0.134 e. The molecule has 1 unspecified atom stereocenters. The Hall–Kier alpha value is -1.87. The van der Waals surface area contributed by atoms with Crippen molar-refractivity contribution in [3.8, 4) is 0 Å². The minimum atomic E-state index is -0.510. The van der Waals surface area contributed by atoms with Gasteiger partial charge >= 0.3 is 0 Å². The zero-order valence-electron chi connectivity index (χ0n) is 11.7. The van der Waals surface area contributed by atoms with Gasteiger partial charge in [-0.3, -0.25) is 0 Å². The summed E-state index contributed by atoms with van der Waals surface area (Å²) in [6.45, 7) is 4.62. The SMILES string of the molecule is Cc1ccc(CN(C)c2ncccc2C(C)O)cc1. The van der Waals surface area contributed by atoms with Crippen LogP contribution >= 0.6 is 0 Å². The maximum atomic E-state index is 9.79. The van der Waals surface area contributed by atoms with E-state index in [-0.39, 0.29) is 0 Å². The minimum Gasteiger partial charge on any atom is -0.389 e. The van der Waals surface area contributed by atoms with Crippen molar-refractivity contribution in [1.82, 2.24) is 4.98 Å². The third-order valence-corrected chi connectivity index (χ3v) is 3.17. The van der Waals surface area contributed by atoms with Gasteiger partial charge in [0, 0.05) is 25.4 Å². The van der Waals surface area contributed by atoms with Crippen LogP contribution in [-0.4, -0.2) is 17.1 Å². The van der Waals surface area contributed by atoms with Gasteiger partial charge in [0.25, 0.3) is 0 Å². The first kappa shape index (κ1) is 13.6. The fourth-order valence-electron chi connectivity index (χ4n) is 2.10. The highest BCUT2D eigenvalue weighted by molar-refractivity contribution is 5.47. The largest absolute Gasteiger partial charge is 0.389 e. The average molecular weight is 256 g/mol. The van der Waals surface area contributed by atoms with Gasteiger partial charge in [-0.25, -0.2) is 4.98 Å². The molecule has 0 aliphatic carbocycles. The highest BCUT2D eigenvalue weighted by Gasteiger charge is 2.12. The third-order valence-electron chi connectivity index (χ3n) is 3.17. The molecule has 0 aliphatic rings. The Balaban J connectivity index is 2.20. The summed E-state index contributed by atoms with van der Waals surface area (Å²) >= 11 is 0. The lowest BCUT2D eigenvalue weighted by Crippen LogP contribution is -2.20. The average Bonchev–Trinajstić information content (AvgIpc) is 2.41. The van der Waals surface area contributed by atoms with E-state index in [2.05, 4.69) is 41.1 Å². The van der Waals surface area contributed by atoms with E-state index in [1.807, 2.05) is 19.2 Å². The predicted octanol–water partition coefficient (Wildman–Crippen LogP) is 3.08. The fourth-order valence-corrected chi connectivity index (χ4v) is 2.10. The Bertz CT molecular complexity index is 535. The van der Waals surface area contributed by atoms with Gasteiger partial charge in [-0.15, -0.1) is 0 Å². The number of hydrogen-bond donors (Lipinski definition) is 1. The van der Waals surface area contributed by atoms with Crippen molar-refractivity contribution in [2.45, 2.75) is 26.5 Å². The lowest BCUT2D eigenvalue weighted by Gasteiger charge is -2.22.